The van der Waals surface area contributed by atoms with Gasteiger partial charge in [-0.05, 0) is 57.0 Å². The first kappa shape index (κ1) is 20.2. The number of halogens is 2. The lowest BCUT2D eigenvalue weighted by Crippen LogP contribution is -2.13. The molecule has 0 spiro atoms. The number of anilines is 1. The summed E-state index contributed by atoms with van der Waals surface area (Å²) in [6.45, 7) is 2.00. The molecule has 9 nitrogen and oxygen atoms in total. The summed E-state index contributed by atoms with van der Waals surface area (Å²) in [6.07, 6.45) is 3.03. The fourth-order valence-corrected chi connectivity index (χ4v) is 3.50. The van der Waals surface area contributed by atoms with E-state index >= 15 is 0 Å². The quantitative estimate of drug-likeness (QED) is 0.374. The van der Waals surface area contributed by atoms with Gasteiger partial charge < -0.3 is 10.1 Å². The fourth-order valence-electron chi connectivity index (χ4n) is 2.87. The molecular weight excluding hydrogens is 520 g/mol. The molecule has 11 heteroatoms. The van der Waals surface area contributed by atoms with Gasteiger partial charge in [0.05, 0.1) is 23.0 Å². The maximum atomic E-state index is 12.5. The fraction of sp³-hybridized carbons (Fsp3) is 0.105. The number of ether oxygens (including phenoxy) is 1. The average molecular weight is 534 g/mol. The number of benzene rings is 1. The van der Waals surface area contributed by atoms with Crippen LogP contribution in [-0.4, -0.2) is 43.3 Å². The van der Waals surface area contributed by atoms with Gasteiger partial charge in [0, 0.05) is 17.4 Å². The number of carbonyl (C=O) groups is 2. The van der Waals surface area contributed by atoms with Crippen LogP contribution in [0.25, 0.3) is 16.9 Å². The van der Waals surface area contributed by atoms with Crippen molar-refractivity contribution in [2.45, 2.75) is 6.92 Å². The predicted molar refractivity (Wildman–Crippen MR) is 116 cm³/mol. The molecule has 0 unspecified atom stereocenters. The molecule has 3 heterocycles. The first-order valence-electron chi connectivity index (χ1n) is 8.80. The number of fused-ring (bicyclic) bond motifs is 1. The molecule has 1 aromatic carbocycles. The van der Waals surface area contributed by atoms with E-state index in [-0.39, 0.29) is 23.8 Å². The highest BCUT2D eigenvalue weighted by Crippen LogP contribution is 2.27. The average Bonchev–Trinajstić information content (AvgIpc) is 3.32. The number of amides is 1. The molecule has 1 amide bonds. The summed E-state index contributed by atoms with van der Waals surface area (Å²) in [7, 11) is 0. The van der Waals surface area contributed by atoms with Crippen LogP contribution < -0.4 is 5.32 Å². The highest BCUT2D eigenvalue weighted by atomic mass is 79.9. The van der Waals surface area contributed by atoms with E-state index in [0.717, 1.165) is 5.56 Å². The summed E-state index contributed by atoms with van der Waals surface area (Å²) in [5.41, 5.74) is 2.97. The summed E-state index contributed by atoms with van der Waals surface area (Å²) >= 11 is 6.57. The molecule has 4 aromatic rings. The minimum absolute atomic E-state index is 0.227. The van der Waals surface area contributed by atoms with Crippen molar-refractivity contribution < 1.29 is 14.3 Å². The molecule has 2 N–H and O–H groups in total. The van der Waals surface area contributed by atoms with Crippen LogP contribution in [0.3, 0.4) is 0 Å². The van der Waals surface area contributed by atoms with Crippen molar-refractivity contribution in [3.05, 3.63) is 63.1 Å². The van der Waals surface area contributed by atoms with E-state index in [2.05, 4.69) is 57.5 Å². The molecule has 152 valence electrons. The Balaban J connectivity index is 1.67. The van der Waals surface area contributed by atoms with E-state index in [1.165, 1.54) is 6.20 Å². The maximum absolute atomic E-state index is 12.5. The van der Waals surface area contributed by atoms with Gasteiger partial charge in [-0.25, -0.2) is 14.3 Å². The zero-order chi connectivity index (χ0) is 21.3. The number of aromatic nitrogens is 5. The third-order valence-corrected chi connectivity index (χ3v) is 6.07. The lowest BCUT2D eigenvalue weighted by Gasteiger charge is -2.08. The van der Waals surface area contributed by atoms with Crippen LogP contribution in [-0.2, 0) is 4.74 Å². The monoisotopic (exact) mass is 532 g/mol. The lowest BCUT2D eigenvalue weighted by atomic mass is 10.1. The Morgan fingerprint density at radius 1 is 1.27 bits per heavy atom. The van der Waals surface area contributed by atoms with E-state index in [0.29, 0.717) is 26.1 Å². The van der Waals surface area contributed by atoms with Crippen molar-refractivity contribution in [1.82, 2.24) is 24.8 Å². The van der Waals surface area contributed by atoms with Gasteiger partial charge in [0.25, 0.3) is 5.91 Å². The van der Waals surface area contributed by atoms with Gasteiger partial charge in [-0.15, -0.1) is 0 Å². The third kappa shape index (κ3) is 3.73. The molecule has 0 bridgehead atoms. The summed E-state index contributed by atoms with van der Waals surface area (Å²) in [5, 5.41) is 13.8. The Bertz CT molecular complexity index is 1270. The van der Waals surface area contributed by atoms with Gasteiger partial charge in [-0.2, -0.15) is 10.2 Å². The standard InChI is InChI=1S/C19H14Br2N6O3/c1-2-30-19(29)12-9-23-27-13(6-7-22-17(12)27)10-4-3-5-11(8-10)24-18(28)15-14(20)16(21)26-25-15/h3-9H,2H2,1H3,(H,24,28)(H,25,26). The number of esters is 1. The molecule has 3 aromatic heterocycles. The van der Waals surface area contributed by atoms with Crippen LogP contribution in [0.2, 0.25) is 0 Å². The number of nitrogens with one attached hydrogen (secondary N) is 2. The second-order valence-corrected chi connectivity index (χ2v) is 7.67. The number of nitrogens with zero attached hydrogens (tertiary/aromatic N) is 4. The third-order valence-electron chi connectivity index (χ3n) is 4.19. The number of rotatable bonds is 5. The zero-order valence-corrected chi connectivity index (χ0v) is 18.7. The van der Waals surface area contributed by atoms with Crippen LogP contribution in [0.5, 0.6) is 0 Å². The second-order valence-electron chi connectivity index (χ2n) is 6.08. The molecule has 0 fully saturated rings. The Hall–Kier alpha value is -3.05. The van der Waals surface area contributed by atoms with Crippen LogP contribution in [0.15, 0.2) is 51.8 Å². The van der Waals surface area contributed by atoms with Crippen molar-refractivity contribution in [2.75, 3.05) is 11.9 Å². The van der Waals surface area contributed by atoms with Gasteiger partial charge in [0.15, 0.2) is 11.3 Å². The van der Waals surface area contributed by atoms with Gasteiger partial charge in [-0.3, -0.25) is 9.89 Å². The van der Waals surface area contributed by atoms with Crippen LogP contribution in [0.4, 0.5) is 5.69 Å². The van der Waals surface area contributed by atoms with E-state index in [4.69, 9.17) is 4.74 Å². The highest BCUT2D eigenvalue weighted by Gasteiger charge is 2.19. The molecule has 0 aliphatic heterocycles. The largest absolute Gasteiger partial charge is 0.462 e. The zero-order valence-electron chi connectivity index (χ0n) is 15.5. The number of aromatic amines is 1. The van der Waals surface area contributed by atoms with Crippen molar-refractivity contribution in [1.29, 1.82) is 0 Å². The topological polar surface area (TPSA) is 114 Å². The highest BCUT2D eigenvalue weighted by molar-refractivity contribution is 9.13. The van der Waals surface area contributed by atoms with Gasteiger partial charge in [0.2, 0.25) is 0 Å². The maximum Gasteiger partial charge on any atom is 0.343 e. The van der Waals surface area contributed by atoms with Crippen molar-refractivity contribution in [3.63, 3.8) is 0 Å². The van der Waals surface area contributed by atoms with Crippen LogP contribution >= 0.6 is 31.9 Å². The Morgan fingerprint density at radius 2 is 2.10 bits per heavy atom. The summed E-state index contributed by atoms with van der Waals surface area (Å²) in [4.78, 5) is 28.9. The van der Waals surface area contributed by atoms with Gasteiger partial charge >= 0.3 is 5.97 Å². The second kappa shape index (κ2) is 8.36. The Morgan fingerprint density at radius 3 is 2.83 bits per heavy atom. The molecule has 0 radical (unpaired) electrons. The van der Waals surface area contributed by atoms with Crippen molar-refractivity contribution in [3.8, 4) is 11.3 Å². The summed E-state index contributed by atoms with van der Waals surface area (Å²) < 4.78 is 7.74. The molecule has 0 atom stereocenters. The van der Waals surface area contributed by atoms with E-state index in [1.54, 1.807) is 35.8 Å². The molecule has 4 rings (SSSR count). The molecule has 0 saturated carbocycles. The number of carbonyl (C=O) groups excluding carboxylic acids is 2. The van der Waals surface area contributed by atoms with E-state index < -0.39 is 5.97 Å². The number of hydrogen-bond donors (Lipinski definition) is 2. The minimum Gasteiger partial charge on any atom is -0.462 e. The Kier molecular flexibility index (Phi) is 5.64. The number of hydrogen-bond acceptors (Lipinski definition) is 6. The predicted octanol–water partition coefficient (Wildman–Crippen LogP) is 4.07. The van der Waals surface area contributed by atoms with Gasteiger partial charge in [0.1, 0.15) is 10.2 Å². The number of H-pyrrole nitrogens is 1. The molecule has 0 aliphatic carbocycles. The first-order chi connectivity index (χ1) is 14.5. The van der Waals surface area contributed by atoms with Gasteiger partial charge in [-0.1, -0.05) is 12.1 Å². The van der Waals surface area contributed by atoms with E-state index in [1.807, 2.05) is 12.1 Å². The van der Waals surface area contributed by atoms with Crippen molar-refractivity contribution in [2.24, 2.45) is 0 Å². The molecule has 0 aliphatic rings. The normalized spacial score (nSPS) is 10.9. The molecular formula is C19H14Br2N6O3. The van der Waals surface area contributed by atoms with E-state index in [9.17, 15) is 9.59 Å². The summed E-state index contributed by atoms with van der Waals surface area (Å²) in [5.74, 6) is -0.849. The smallest absolute Gasteiger partial charge is 0.343 e. The molecule has 0 saturated heterocycles. The lowest BCUT2D eigenvalue weighted by molar-refractivity contribution is 0.0528. The Labute approximate surface area is 187 Å². The minimum atomic E-state index is -0.478. The summed E-state index contributed by atoms with van der Waals surface area (Å²) in [6, 6.07) is 9.02. The molecule has 30 heavy (non-hydrogen) atoms. The SMILES string of the molecule is CCOC(=O)c1cnn2c(-c3cccc(NC(=O)c4n[nH]c(Br)c4Br)c3)ccnc12. The van der Waals surface area contributed by atoms with Crippen LogP contribution in [0.1, 0.15) is 27.8 Å². The van der Waals surface area contributed by atoms with Crippen molar-refractivity contribution >= 4 is 55.1 Å². The first-order valence-corrected chi connectivity index (χ1v) is 10.4. The van der Waals surface area contributed by atoms with Crippen LogP contribution in [0, 0.1) is 0 Å².